The Labute approximate surface area is 124 Å². The molecule has 0 amide bonds. The molecule has 1 aromatic carbocycles. The van der Waals surface area contributed by atoms with Gasteiger partial charge in [0.05, 0.1) is 0 Å². The first kappa shape index (κ1) is 15.2. The molecule has 1 aliphatic heterocycles. The Morgan fingerprint density at radius 3 is 2.45 bits per heavy atom. The lowest BCUT2D eigenvalue weighted by molar-refractivity contribution is 0.431. The zero-order valence-electron chi connectivity index (χ0n) is 13.2. The van der Waals surface area contributed by atoms with E-state index in [0.717, 1.165) is 32.7 Å². The van der Waals surface area contributed by atoms with Crippen LogP contribution in [0.25, 0.3) is 0 Å². The van der Waals surface area contributed by atoms with Gasteiger partial charge in [-0.15, -0.1) is 0 Å². The lowest BCUT2D eigenvalue weighted by atomic mass is 10.1. The Bertz CT molecular complexity index is 382. The molecule has 0 radical (unpaired) electrons. The molecule has 1 fully saturated rings. The number of nitrogens with zero attached hydrogens (tertiary/aromatic N) is 2. The third kappa shape index (κ3) is 3.66. The lowest BCUT2D eigenvalue weighted by Crippen LogP contribution is -2.50. The summed E-state index contributed by atoms with van der Waals surface area (Å²) in [6.45, 7) is 12.2. The molecule has 112 valence electrons. The fourth-order valence-corrected chi connectivity index (χ4v) is 3.06. The minimum Gasteiger partial charge on any atom is -0.372 e. The van der Waals surface area contributed by atoms with Crippen molar-refractivity contribution >= 4 is 11.4 Å². The van der Waals surface area contributed by atoms with Crippen molar-refractivity contribution in [2.24, 2.45) is 0 Å². The maximum atomic E-state index is 3.62. The summed E-state index contributed by atoms with van der Waals surface area (Å²) in [6, 6.07) is 9.73. The van der Waals surface area contributed by atoms with Crippen LogP contribution < -0.4 is 15.1 Å². The first-order chi connectivity index (χ1) is 9.78. The van der Waals surface area contributed by atoms with Crippen LogP contribution in [-0.4, -0.2) is 38.8 Å². The van der Waals surface area contributed by atoms with Crippen molar-refractivity contribution in [1.29, 1.82) is 0 Å². The topological polar surface area (TPSA) is 18.5 Å². The van der Waals surface area contributed by atoms with Crippen LogP contribution in [-0.2, 0) is 0 Å². The normalized spacial score (nSPS) is 19.1. The minimum absolute atomic E-state index is 0.649. The Morgan fingerprint density at radius 2 is 1.85 bits per heavy atom. The van der Waals surface area contributed by atoms with Crippen molar-refractivity contribution in [3.8, 4) is 0 Å². The highest BCUT2D eigenvalue weighted by Gasteiger charge is 2.18. The molecular formula is C17H29N3. The molecular weight excluding hydrogens is 246 g/mol. The maximum Gasteiger partial charge on any atom is 0.0368 e. The van der Waals surface area contributed by atoms with E-state index in [1.165, 1.54) is 24.2 Å². The highest BCUT2D eigenvalue weighted by atomic mass is 15.2. The minimum atomic E-state index is 0.649. The molecule has 1 saturated heterocycles. The predicted molar refractivity (Wildman–Crippen MR) is 88.9 cm³/mol. The molecule has 1 unspecified atom stereocenters. The van der Waals surface area contributed by atoms with Gasteiger partial charge in [-0.2, -0.15) is 0 Å². The van der Waals surface area contributed by atoms with Gasteiger partial charge in [0.1, 0.15) is 0 Å². The second-order valence-electron chi connectivity index (χ2n) is 5.57. The molecule has 1 heterocycles. The van der Waals surface area contributed by atoms with Crippen LogP contribution >= 0.6 is 0 Å². The Morgan fingerprint density at radius 1 is 1.15 bits per heavy atom. The molecule has 3 nitrogen and oxygen atoms in total. The van der Waals surface area contributed by atoms with Crippen molar-refractivity contribution in [3.05, 3.63) is 24.3 Å². The maximum absolute atomic E-state index is 3.62. The molecule has 1 aliphatic rings. The molecule has 0 saturated carbocycles. The summed E-state index contributed by atoms with van der Waals surface area (Å²) in [4.78, 5) is 4.91. The van der Waals surface area contributed by atoms with Gasteiger partial charge in [-0.25, -0.2) is 0 Å². The SMILES string of the molecule is CCCC1CN(c2ccc(N(CC)CC)cc2)CCN1. The highest BCUT2D eigenvalue weighted by molar-refractivity contribution is 5.56. The van der Waals surface area contributed by atoms with E-state index >= 15 is 0 Å². The smallest absolute Gasteiger partial charge is 0.0368 e. The molecule has 0 bridgehead atoms. The number of hydrogen-bond acceptors (Lipinski definition) is 3. The van der Waals surface area contributed by atoms with Crippen molar-refractivity contribution in [3.63, 3.8) is 0 Å². The van der Waals surface area contributed by atoms with Gasteiger partial charge >= 0.3 is 0 Å². The average molecular weight is 275 g/mol. The third-order valence-electron chi connectivity index (χ3n) is 4.24. The van der Waals surface area contributed by atoms with E-state index in [1.807, 2.05) is 0 Å². The number of piperazine rings is 1. The summed E-state index contributed by atoms with van der Waals surface area (Å²) < 4.78 is 0. The largest absolute Gasteiger partial charge is 0.372 e. The first-order valence-corrected chi connectivity index (χ1v) is 8.11. The average Bonchev–Trinajstić information content (AvgIpc) is 2.50. The summed E-state index contributed by atoms with van der Waals surface area (Å²) in [5.41, 5.74) is 2.70. The number of rotatable bonds is 6. The van der Waals surface area contributed by atoms with Gasteiger partial charge in [-0.1, -0.05) is 13.3 Å². The quantitative estimate of drug-likeness (QED) is 0.860. The van der Waals surface area contributed by atoms with Crippen LogP contribution in [0.4, 0.5) is 11.4 Å². The Kier molecular flexibility index (Phi) is 5.72. The van der Waals surface area contributed by atoms with E-state index in [9.17, 15) is 0 Å². The summed E-state index contributed by atoms with van der Waals surface area (Å²) in [7, 11) is 0. The summed E-state index contributed by atoms with van der Waals surface area (Å²) in [5, 5.41) is 3.62. The second kappa shape index (κ2) is 7.53. The van der Waals surface area contributed by atoms with Gasteiger partial charge in [0.2, 0.25) is 0 Å². The number of benzene rings is 1. The monoisotopic (exact) mass is 275 g/mol. The molecule has 1 N–H and O–H groups in total. The van der Waals surface area contributed by atoms with Gasteiger partial charge in [-0.05, 0) is 44.5 Å². The first-order valence-electron chi connectivity index (χ1n) is 8.11. The van der Waals surface area contributed by atoms with Crippen molar-refractivity contribution in [1.82, 2.24) is 5.32 Å². The molecule has 0 aromatic heterocycles. The van der Waals surface area contributed by atoms with Crippen molar-refractivity contribution in [2.45, 2.75) is 39.7 Å². The highest BCUT2D eigenvalue weighted by Crippen LogP contribution is 2.22. The fourth-order valence-electron chi connectivity index (χ4n) is 3.06. The van der Waals surface area contributed by atoms with Crippen LogP contribution in [0.5, 0.6) is 0 Å². The van der Waals surface area contributed by atoms with Crippen LogP contribution in [0, 0.1) is 0 Å². The fraction of sp³-hybridized carbons (Fsp3) is 0.647. The molecule has 0 aliphatic carbocycles. The Balaban J connectivity index is 2.02. The molecule has 0 spiro atoms. The van der Waals surface area contributed by atoms with E-state index in [0.29, 0.717) is 6.04 Å². The molecule has 1 atom stereocenters. The number of anilines is 2. The van der Waals surface area contributed by atoms with E-state index in [-0.39, 0.29) is 0 Å². The van der Waals surface area contributed by atoms with Gasteiger partial charge in [0.25, 0.3) is 0 Å². The lowest BCUT2D eigenvalue weighted by Gasteiger charge is -2.35. The van der Waals surface area contributed by atoms with Gasteiger partial charge in [0.15, 0.2) is 0 Å². The van der Waals surface area contributed by atoms with E-state index < -0.39 is 0 Å². The van der Waals surface area contributed by atoms with Crippen LogP contribution in [0.3, 0.4) is 0 Å². The van der Waals surface area contributed by atoms with E-state index in [2.05, 4.69) is 60.2 Å². The van der Waals surface area contributed by atoms with Crippen molar-refractivity contribution < 1.29 is 0 Å². The molecule has 2 rings (SSSR count). The van der Waals surface area contributed by atoms with Crippen molar-refractivity contribution in [2.75, 3.05) is 42.5 Å². The zero-order valence-corrected chi connectivity index (χ0v) is 13.2. The van der Waals surface area contributed by atoms with Gasteiger partial charge in [0, 0.05) is 50.1 Å². The van der Waals surface area contributed by atoms with E-state index in [4.69, 9.17) is 0 Å². The number of hydrogen-bond donors (Lipinski definition) is 1. The van der Waals surface area contributed by atoms with Crippen LogP contribution in [0.2, 0.25) is 0 Å². The molecule has 1 aromatic rings. The number of nitrogens with one attached hydrogen (secondary N) is 1. The van der Waals surface area contributed by atoms with Gasteiger partial charge in [-0.3, -0.25) is 0 Å². The molecule has 20 heavy (non-hydrogen) atoms. The van der Waals surface area contributed by atoms with Crippen LogP contribution in [0.15, 0.2) is 24.3 Å². The zero-order chi connectivity index (χ0) is 14.4. The Hall–Kier alpha value is -1.22. The summed E-state index contributed by atoms with van der Waals surface area (Å²) in [6.07, 6.45) is 2.53. The predicted octanol–water partition coefficient (Wildman–Crippen LogP) is 3.11. The summed E-state index contributed by atoms with van der Waals surface area (Å²) in [5.74, 6) is 0. The van der Waals surface area contributed by atoms with E-state index in [1.54, 1.807) is 0 Å². The van der Waals surface area contributed by atoms with Crippen LogP contribution in [0.1, 0.15) is 33.6 Å². The standard InChI is InChI=1S/C17H29N3/c1-4-7-15-14-20(13-12-18-15)17-10-8-16(9-11-17)19(5-2)6-3/h8-11,15,18H,4-7,12-14H2,1-3H3. The second-order valence-corrected chi connectivity index (χ2v) is 5.57. The summed E-state index contributed by atoms with van der Waals surface area (Å²) >= 11 is 0. The van der Waals surface area contributed by atoms with Gasteiger partial charge < -0.3 is 15.1 Å². The third-order valence-corrected chi connectivity index (χ3v) is 4.24. The molecule has 3 heteroatoms.